The third-order valence-electron chi connectivity index (χ3n) is 3.27. The molecule has 2 fully saturated rings. The smallest absolute Gasteiger partial charge is 0.115 e. The highest BCUT2D eigenvalue weighted by atomic mass is 16.6. The predicted molar refractivity (Wildman–Crippen MR) is 44.1 cm³/mol. The lowest BCUT2D eigenvalue weighted by Gasteiger charge is -2.26. The largest absolute Gasteiger partial charge is 0.376 e. The second kappa shape index (κ2) is 2.69. The first-order valence-electron chi connectivity index (χ1n) is 4.47. The van der Waals surface area contributed by atoms with Crippen LogP contribution >= 0.6 is 0 Å². The molecule has 2 rings (SSSR count). The van der Waals surface area contributed by atoms with Crippen molar-refractivity contribution in [1.82, 2.24) is 0 Å². The monoisotopic (exact) mass is 172 g/mol. The first kappa shape index (κ1) is 8.48. The summed E-state index contributed by atoms with van der Waals surface area (Å²) in [4.78, 5) is 0. The molecule has 0 amide bonds. The lowest BCUT2D eigenvalue weighted by molar-refractivity contribution is -0.0298. The third-order valence-corrected chi connectivity index (χ3v) is 3.27. The Bertz CT molecular complexity index is 183. The third kappa shape index (κ3) is 0.934. The van der Waals surface area contributed by atoms with Crippen LogP contribution in [0.5, 0.6) is 0 Å². The molecule has 0 saturated carbocycles. The summed E-state index contributed by atoms with van der Waals surface area (Å²) in [5.74, 6) is 0.475. The summed E-state index contributed by atoms with van der Waals surface area (Å²) in [5.41, 5.74) is -0.110. The molecular formula is C9H16O3. The Morgan fingerprint density at radius 3 is 2.83 bits per heavy atom. The molecule has 4 atom stereocenters. The van der Waals surface area contributed by atoms with Gasteiger partial charge in [-0.3, -0.25) is 0 Å². The summed E-state index contributed by atoms with van der Waals surface area (Å²) < 4.78 is 16.7. The van der Waals surface area contributed by atoms with Crippen molar-refractivity contribution in [1.29, 1.82) is 0 Å². The van der Waals surface area contributed by atoms with E-state index in [0.29, 0.717) is 12.5 Å². The van der Waals surface area contributed by atoms with Gasteiger partial charge in [0.05, 0.1) is 18.8 Å². The fourth-order valence-electron chi connectivity index (χ4n) is 2.10. The zero-order valence-electron chi connectivity index (χ0n) is 7.87. The van der Waals surface area contributed by atoms with E-state index < -0.39 is 0 Å². The number of hydrogen-bond donors (Lipinski definition) is 0. The summed E-state index contributed by atoms with van der Waals surface area (Å²) >= 11 is 0. The number of hydrogen-bond acceptors (Lipinski definition) is 3. The van der Waals surface area contributed by atoms with Crippen LogP contribution in [-0.2, 0) is 14.2 Å². The molecule has 0 bridgehead atoms. The lowest BCUT2D eigenvalue weighted by Crippen LogP contribution is -2.40. The SMILES string of the molecule is CO[C@@H]1CO[C@]2(C)[C@H](C)CO[C@H]12. The maximum atomic E-state index is 5.73. The topological polar surface area (TPSA) is 27.7 Å². The van der Waals surface area contributed by atoms with Gasteiger partial charge in [-0.15, -0.1) is 0 Å². The highest BCUT2D eigenvalue weighted by Gasteiger charge is 2.55. The Morgan fingerprint density at radius 2 is 2.17 bits per heavy atom. The van der Waals surface area contributed by atoms with Crippen LogP contribution in [0, 0.1) is 5.92 Å². The molecule has 0 unspecified atom stereocenters. The molecule has 0 N–H and O–H groups in total. The Hall–Kier alpha value is -0.120. The quantitative estimate of drug-likeness (QED) is 0.586. The van der Waals surface area contributed by atoms with Gasteiger partial charge in [-0.2, -0.15) is 0 Å². The highest BCUT2D eigenvalue weighted by Crippen LogP contribution is 2.41. The first-order chi connectivity index (χ1) is 5.68. The van der Waals surface area contributed by atoms with Crippen LogP contribution in [0.1, 0.15) is 13.8 Å². The fourth-order valence-corrected chi connectivity index (χ4v) is 2.10. The average molecular weight is 172 g/mol. The van der Waals surface area contributed by atoms with Crippen LogP contribution < -0.4 is 0 Å². The highest BCUT2D eigenvalue weighted by molar-refractivity contribution is 5.03. The first-order valence-corrected chi connectivity index (χ1v) is 4.47. The van der Waals surface area contributed by atoms with Crippen LogP contribution in [0.25, 0.3) is 0 Å². The van der Waals surface area contributed by atoms with E-state index in [-0.39, 0.29) is 17.8 Å². The molecule has 0 spiro atoms. The van der Waals surface area contributed by atoms with Gasteiger partial charge in [0.2, 0.25) is 0 Å². The summed E-state index contributed by atoms with van der Waals surface area (Å²) in [6.07, 6.45) is 0.262. The van der Waals surface area contributed by atoms with Gasteiger partial charge in [-0.05, 0) is 6.92 Å². The number of fused-ring (bicyclic) bond motifs is 1. The van der Waals surface area contributed by atoms with E-state index in [2.05, 4.69) is 13.8 Å². The maximum Gasteiger partial charge on any atom is 0.115 e. The molecule has 0 aromatic carbocycles. The summed E-state index contributed by atoms with van der Waals surface area (Å²) in [6, 6.07) is 0. The van der Waals surface area contributed by atoms with Crippen molar-refractivity contribution in [2.75, 3.05) is 20.3 Å². The van der Waals surface area contributed by atoms with E-state index in [9.17, 15) is 0 Å². The van der Waals surface area contributed by atoms with Crippen LogP contribution in [-0.4, -0.2) is 38.1 Å². The van der Waals surface area contributed by atoms with E-state index in [4.69, 9.17) is 14.2 Å². The summed E-state index contributed by atoms with van der Waals surface area (Å²) in [7, 11) is 1.71. The molecule has 2 aliphatic heterocycles. The van der Waals surface area contributed by atoms with Gasteiger partial charge < -0.3 is 14.2 Å². The number of methoxy groups -OCH3 is 1. The van der Waals surface area contributed by atoms with Gasteiger partial charge >= 0.3 is 0 Å². The van der Waals surface area contributed by atoms with Crippen molar-refractivity contribution < 1.29 is 14.2 Å². The van der Waals surface area contributed by atoms with Gasteiger partial charge in [0.15, 0.2) is 0 Å². The van der Waals surface area contributed by atoms with E-state index in [1.807, 2.05) is 0 Å². The summed E-state index contributed by atoms with van der Waals surface area (Å²) in [6.45, 7) is 5.75. The standard InChI is InChI=1S/C9H16O3/c1-6-4-11-8-7(10-3)5-12-9(6,8)2/h6-8H,4-5H2,1-3H3/t6-,7-,8-,9-/m1/s1. The normalized spacial score (nSPS) is 52.8. The van der Waals surface area contributed by atoms with Crippen LogP contribution in [0.3, 0.4) is 0 Å². The minimum atomic E-state index is -0.110. The molecule has 0 aliphatic carbocycles. The maximum absolute atomic E-state index is 5.73. The zero-order valence-corrected chi connectivity index (χ0v) is 7.87. The lowest BCUT2D eigenvalue weighted by atomic mass is 9.88. The number of ether oxygens (including phenoxy) is 3. The van der Waals surface area contributed by atoms with Crippen molar-refractivity contribution in [3.63, 3.8) is 0 Å². The van der Waals surface area contributed by atoms with Crippen molar-refractivity contribution in [2.24, 2.45) is 5.92 Å². The Balaban J connectivity index is 2.17. The molecule has 2 aliphatic rings. The van der Waals surface area contributed by atoms with Gasteiger partial charge in [-0.1, -0.05) is 6.92 Å². The Kier molecular flexibility index (Phi) is 1.90. The molecule has 12 heavy (non-hydrogen) atoms. The summed E-state index contributed by atoms with van der Waals surface area (Å²) in [5, 5.41) is 0. The van der Waals surface area contributed by atoms with Crippen LogP contribution in [0.15, 0.2) is 0 Å². The molecule has 0 radical (unpaired) electrons. The van der Waals surface area contributed by atoms with E-state index in [1.54, 1.807) is 7.11 Å². The van der Waals surface area contributed by atoms with Gasteiger partial charge in [0.25, 0.3) is 0 Å². The number of rotatable bonds is 1. The van der Waals surface area contributed by atoms with Crippen molar-refractivity contribution >= 4 is 0 Å². The molecule has 3 heteroatoms. The van der Waals surface area contributed by atoms with E-state index in [1.165, 1.54) is 0 Å². The Labute approximate surface area is 73.0 Å². The van der Waals surface area contributed by atoms with Gasteiger partial charge in [-0.25, -0.2) is 0 Å². The molecule has 0 aromatic rings. The average Bonchev–Trinajstić information content (AvgIpc) is 2.51. The predicted octanol–water partition coefficient (Wildman–Crippen LogP) is 0.825. The minimum Gasteiger partial charge on any atom is -0.376 e. The van der Waals surface area contributed by atoms with Gasteiger partial charge in [0.1, 0.15) is 12.2 Å². The van der Waals surface area contributed by atoms with Crippen molar-refractivity contribution in [3.05, 3.63) is 0 Å². The molecule has 2 saturated heterocycles. The zero-order chi connectivity index (χ0) is 8.77. The van der Waals surface area contributed by atoms with Gasteiger partial charge in [0, 0.05) is 13.0 Å². The van der Waals surface area contributed by atoms with E-state index >= 15 is 0 Å². The molecule has 0 aromatic heterocycles. The molecular weight excluding hydrogens is 156 g/mol. The van der Waals surface area contributed by atoms with Crippen LogP contribution in [0.4, 0.5) is 0 Å². The fraction of sp³-hybridized carbons (Fsp3) is 1.00. The molecule has 2 heterocycles. The minimum absolute atomic E-state index is 0.110. The van der Waals surface area contributed by atoms with E-state index in [0.717, 1.165) is 6.61 Å². The second-order valence-electron chi connectivity index (χ2n) is 3.92. The molecule has 3 nitrogen and oxygen atoms in total. The van der Waals surface area contributed by atoms with Crippen molar-refractivity contribution in [3.8, 4) is 0 Å². The second-order valence-corrected chi connectivity index (χ2v) is 3.92. The van der Waals surface area contributed by atoms with Crippen LogP contribution in [0.2, 0.25) is 0 Å². The van der Waals surface area contributed by atoms with Crippen molar-refractivity contribution in [2.45, 2.75) is 31.7 Å². The Morgan fingerprint density at radius 1 is 1.42 bits per heavy atom. The molecule has 70 valence electrons.